The summed E-state index contributed by atoms with van der Waals surface area (Å²) in [7, 11) is 0. The molecule has 0 spiro atoms. The summed E-state index contributed by atoms with van der Waals surface area (Å²) in [6.45, 7) is 9.82. The van der Waals surface area contributed by atoms with E-state index in [1.807, 2.05) is 56.5 Å². The number of amides is 2. The lowest BCUT2D eigenvalue weighted by atomic mass is 9.92. The number of thiazole rings is 1. The van der Waals surface area contributed by atoms with Crippen molar-refractivity contribution in [2.75, 3.05) is 5.32 Å². The average molecular weight is 435 g/mol. The summed E-state index contributed by atoms with van der Waals surface area (Å²) in [5, 5.41) is 8.11. The number of oxazole rings is 1. The first-order valence-corrected chi connectivity index (χ1v) is 10.5. The van der Waals surface area contributed by atoms with Crippen molar-refractivity contribution >= 4 is 39.2 Å². The summed E-state index contributed by atoms with van der Waals surface area (Å²) < 4.78 is 5.02. The number of fused-ring (bicyclic) bond motifs is 1. The van der Waals surface area contributed by atoms with E-state index in [9.17, 15) is 9.59 Å². The number of hydrogen-bond acceptors (Lipinski definition) is 5. The van der Waals surface area contributed by atoms with E-state index in [1.54, 1.807) is 12.1 Å². The van der Waals surface area contributed by atoms with E-state index in [1.165, 1.54) is 11.3 Å². The number of nitrogens with one attached hydrogen (secondary N) is 3. The molecular weight excluding hydrogens is 412 g/mol. The van der Waals surface area contributed by atoms with Crippen LogP contribution in [0.5, 0.6) is 0 Å². The van der Waals surface area contributed by atoms with Gasteiger partial charge in [-0.2, -0.15) is 0 Å². The lowest BCUT2D eigenvalue weighted by Gasteiger charge is -2.27. The third-order valence-corrected chi connectivity index (χ3v) is 5.70. The zero-order valence-corrected chi connectivity index (χ0v) is 18.2. The van der Waals surface area contributed by atoms with Crippen LogP contribution in [-0.2, 0) is 5.54 Å². The number of benzene rings is 2. The normalized spacial score (nSPS) is 11.5. The Balaban J connectivity index is 1.47. The Morgan fingerprint density at radius 2 is 2.03 bits per heavy atom. The molecule has 7 nitrogen and oxygen atoms in total. The molecule has 2 amide bonds. The number of allylic oxidation sites excluding steroid dienone is 1. The molecule has 31 heavy (non-hydrogen) atoms. The Kier molecular flexibility index (Phi) is 5.24. The topological polar surface area (TPSA) is 100 Å². The molecule has 2 heterocycles. The van der Waals surface area contributed by atoms with E-state index >= 15 is 0 Å². The average Bonchev–Trinajstić information content (AvgIpc) is 3.32. The number of aromatic amines is 1. The molecule has 0 bridgehead atoms. The van der Waals surface area contributed by atoms with Crippen LogP contribution in [0.4, 0.5) is 9.93 Å². The van der Waals surface area contributed by atoms with Gasteiger partial charge in [0.2, 0.25) is 0 Å². The first-order chi connectivity index (χ1) is 14.7. The zero-order valence-electron chi connectivity index (χ0n) is 17.4. The minimum absolute atomic E-state index is 0.346. The Hall–Kier alpha value is -3.65. The molecule has 0 saturated heterocycles. The molecule has 0 unspecified atom stereocenters. The van der Waals surface area contributed by atoms with Crippen LogP contribution in [0.1, 0.15) is 31.9 Å². The van der Waals surface area contributed by atoms with Gasteiger partial charge < -0.3 is 9.73 Å². The van der Waals surface area contributed by atoms with Gasteiger partial charge in [-0.15, -0.1) is 11.3 Å². The molecule has 0 aliphatic rings. The number of urea groups is 1. The van der Waals surface area contributed by atoms with Crippen molar-refractivity contribution in [1.82, 2.24) is 15.3 Å². The second-order valence-electron chi connectivity index (χ2n) is 7.83. The molecule has 4 aromatic rings. The minimum Gasteiger partial charge on any atom is -0.408 e. The highest BCUT2D eigenvalue weighted by Crippen LogP contribution is 2.28. The smallest absolute Gasteiger partial charge is 0.408 e. The van der Waals surface area contributed by atoms with Crippen LogP contribution in [0.25, 0.3) is 27.9 Å². The predicted octanol–water partition coefficient (Wildman–Crippen LogP) is 5.33. The summed E-state index contributed by atoms with van der Waals surface area (Å²) in [4.78, 5) is 31.1. The van der Waals surface area contributed by atoms with Crippen molar-refractivity contribution in [2.24, 2.45) is 0 Å². The van der Waals surface area contributed by atoms with Gasteiger partial charge in [-0.05, 0) is 56.2 Å². The zero-order chi connectivity index (χ0) is 22.2. The number of nitrogens with zero attached hydrogens (tertiary/aromatic N) is 1. The molecule has 2 aromatic heterocycles. The Morgan fingerprint density at radius 1 is 1.23 bits per heavy atom. The lowest BCUT2D eigenvalue weighted by molar-refractivity contribution is 0.242. The number of carbonyl (C=O) groups excluding carboxylic acids is 1. The van der Waals surface area contributed by atoms with Crippen LogP contribution >= 0.6 is 11.3 Å². The van der Waals surface area contributed by atoms with Gasteiger partial charge in [0.05, 0.1) is 16.7 Å². The van der Waals surface area contributed by atoms with E-state index in [0.29, 0.717) is 21.9 Å². The van der Waals surface area contributed by atoms with Gasteiger partial charge in [-0.3, -0.25) is 10.3 Å². The van der Waals surface area contributed by atoms with Crippen molar-refractivity contribution in [3.8, 4) is 11.3 Å². The maximum Gasteiger partial charge on any atom is 0.417 e. The number of H-pyrrole nitrogens is 1. The molecule has 4 rings (SSSR count). The predicted molar refractivity (Wildman–Crippen MR) is 124 cm³/mol. The van der Waals surface area contributed by atoms with Crippen LogP contribution in [0.3, 0.4) is 0 Å². The molecule has 0 aliphatic heterocycles. The summed E-state index contributed by atoms with van der Waals surface area (Å²) in [5.74, 6) is -0.499. The lowest BCUT2D eigenvalue weighted by Crippen LogP contribution is -2.43. The Morgan fingerprint density at radius 3 is 2.81 bits per heavy atom. The quantitative estimate of drug-likeness (QED) is 0.395. The number of aromatic nitrogens is 2. The van der Waals surface area contributed by atoms with Crippen molar-refractivity contribution in [2.45, 2.75) is 26.3 Å². The third kappa shape index (κ3) is 4.44. The van der Waals surface area contributed by atoms with Gasteiger partial charge >= 0.3 is 11.8 Å². The standard InChI is InChI=1S/C23H22N4O3S/c1-13(2)14-6-5-7-16(10-14)23(3,4)27-20(28)26-21-24-18(12-31-21)15-8-9-19-17(11-15)25-22(29)30-19/h5-12H,1H2,2-4H3,(H,25,29)(H2,24,26,27,28). The molecular formula is C23H22N4O3S. The maximum atomic E-state index is 12.6. The second kappa shape index (κ2) is 7.88. The van der Waals surface area contributed by atoms with Gasteiger partial charge in [-0.1, -0.05) is 30.4 Å². The molecule has 2 aromatic carbocycles. The van der Waals surface area contributed by atoms with Gasteiger partial charge in [-0.25, -0.2) is 14.6 Å². The van der Waals surface area contributed by atoms with E-state index in [4.69, 9.17) is 4.42 Å². The fourth-order valence-electron chi connectivity index (χ4n) is 3.23. The van der Waals surface area contributed by atoms with Gasteiger partial charge in [0.15, 0.2) is 10.7 Å². The fourth-order valence-corrected chi connectivity index (χ4v) is 3.95. The summed E-state index contributed by atoms with van der Waals surface area (Å²) in [6.07, 6.45) is 0. The van der Waals surface area contributed by atoms with Gasteiger partial charge in [0.1, 0.15) is 0 Å². The van der Waals surface area contributed by atoms with E-state index in [-0.39, 0.29) is 6.03 Å². The van der Waals surface area contributed by atoms with Gasteiger partial charge in [0.25, 0.3) is 0 Å². The van der Waals surface area contributed by atoms with Crippen molar-refractivity contribution in [3.63, 3.8) is 0 Å². The molecule has 0 fully saturated rings. The molecule has 0 atom stereocenters. The molecule has 3 N–H and O–H groups in total. The van der Waals surface area contributed by atoms with E-state index in [2.05, 4.69) is 27.2 Å². The van der Waals surface area contributed by atoms with Crippen LogP contribution in [0.15, 0.2) is 63.6 Å². The molecule has 8 heteroatoms. The van der Waals surface area contributed by atoms with Crippen LogP contribution in [0, 0.1) is 0 Å². The first-order valence-electron chi connectivity index (χ1n) is 9.66. The van der Waals surface area contributed by atoms with E-state index < -0.39 is 11.3 Å². The number of anilines is 1. The summed E-state index contributed by atoms with van der Waals surface area (Å²) in [6, 6.07) is 12.9. The second-order valence-corrected chi connectivity index (χ2v) is 8.69. The first kappa shape index (κ1) is 20.6. The van der Waals surface area contributed by atoms with Crippen molar-refractivity contribution < 1.29 is 9.21 Å². The molecule has 158 valence electrons. The van der Waals surface area contributed by atoms with E-state index in [0.717, 1.165) is 22.3 Å². The highest BCUT2D eigenvalue weighted by molar-refractivity contribution is 7.14. The number of rotatable bonds is 5. The molecule has 0 aliphatic carbocycles. The van der Waals surface area contributed by atoms with Crippen molar-refractivity contribution in [1.29, 1.82) is 0 Å². The highest BCUT2D eigenvalue weighted by atomic mass is 32.1. The fraction of sp³-hybridized carbons (Fsp3) is 0.174. The van der Waals surface area contributed by atoms with Gasteiger partial charge in [0, 0.05) is 10.9 Å². The maximum absolute atomic E-state index is 12.6. The number of hydrogen-bond donors (Lipinski definition) is 3. The Labute approximate surface area is 182 Å². The van der Waals surface area contributed by atoms with Crippen LogP contribution in [0.2, 0.25) is 0 Å². The van der Waals surface area contributed by atoms with Crippen molar-refractivity contribution in [3.05, 3.63) is 76.1 Å². The minimum atomic E-state index is -0.589. The third-order valence-electron chi connectivity index (χ3n) is 4.94. The Bertz CT molecular complexity index is 1350. The molecule has 0 radical (unpaired) electrons. The SMILES string of the molecule is C=C(C)c1cccc(C(C)(C)NC(=O)Nc2nc(-c3ccc4oc(=O)[nH]c4c3)cs2)c1. The largest absolute Gasteiger partial charge is 0.417 e. The summed E-state index contributed by atoms with van der Waals surface area (Å²) >= 11 is 1.32. The number of carbonyl (C=O) groups is 1. The van der Waals surface area contributed by atoms with Crippen LogP contribution < -0.4 is 16.4 Å². The monoisotopic (exact) mass is 434 g/mol. The highest BCUT2D eigenvalue weighted by Gasteiger charge is 2.23. The van der Waals surface area contributed by atoms with Crippen LogP contribution in [-0.4, -0.2) is 16.0 Å². The molecule has 0 saturated carbocycles. The summed E-state index contributed by atoms with van der Waals surface area (Å²) in [5.41, 5.74) is 4.98.